The fraction of sp³-hybridized carbons (Fsp3) is 0.294. The van der Waals surface area contributed by atoms with E-state index in [0.29, 0.717) is 0 Å². The number of anilines is 1. The average Bonchev–Trinajstić information content (AvgIpc) is 3.08. The molecule has 20 heavy (non-hydrogen) atoms. The van der Waals surface area contributed by atoms with Gasteiger partial charge in [0.25, 0.3) is 0 Å². The van der Waals surface area contributed by atoms with E-state index in [4.69, 9.17) is 15.2 Å². The van der Waals surface area contributed by atoms with Gasteiger partial charge in [-0.15, -0.1) is 0 Å². The molecule has 0 unspecified atom stereocenters. The van der Waals surface area contributed by atoms with Crippen LogP contribution in [-0.4, -0.2) is 13.2 Å². The highest BCUT2D eigenvalue weighted by molar-refractivity contribution is 5.82. The number of fused-ring (bicyclic) bond motifs is 2. The zero-order chi connectivity index (χ0) is 13.7. The molecular formula is C17H17NO2. The molecule has 2 aromatic carbocycles. The van der Waals surface area contributed by atoms with Crippen LogP contribution >= 0.6 is 0 Å². The number of hydrogen-bond acceptors (Lipinski definition) is 3. The monoisotopic (exact) mass is 267 g/mol. The van der Waals surface area contributed by atoms with Crippen LogP contribution in [0, 0.1) is 6.92 Å². The van der Waals surface area contributed by atoms with Crippen LogP contribution < -0.4 is 15.2 Å². The summed E-state index contributed by atoms with van der Waals surface area (Å²) in [6.07, 6.45) is 1.91. The molecule has 0 radical (unpaired) electrons. The second kappa shape index (κ2) is 4.17. The molecular weight excluding hydrogens is 250 g/mol. The van der Waals surface area contributed by atoms with Crippen molar-refractivity contribution in [1.82, 2.24) is 0 Å². The van der Waals surface area contributed by atoms with Crippen LogP contribution in [0.15, 0.2) is 24.3 Å². The Morgan fingerprint density at radius 2 is 1.75 bits per heavy atom. The van der Waals surface area contributed by atoms with Gasteiger partial charge in [0.1, 0.15) is 11.5 Å². The van der Waals surface area contributed by atoms with E-state index < -0.39 is 0 Å². The Kier molecular flexibility index (Phi) is 2.43. The lowest BCUT2D eigenvalue weighted by molar-refractivity contribution is 0.354. The number of rotatable bonds is 1. The number of ether oxygens (including phenoxy) is 2. The largest absolute Gasteiger partial charge is 0.493 e. The number of hydrogen-bond donors (Lipinski definition) is 1. The third-order valence-electron chi connectivity index (χ3n) is 4.24. The van der Waals surface area contributed by atoms with Crippen LogP contribution in [0.25, 0.3) is 11.1 Å². The summed E-state index contributed by atoms with van der Waals surface area (Å²) in [7, 11) is 0. The van der Waals surface area contributed by atoms with Crippen molar-refractivity contribution in [3.05, 3.63) is 41.0 Å². The maximum Gasteiger partial charge on any atom is 0.131 e. The minimum atomic E-state index is 0.758. The first-order valence-corrected chi connectivity index (χ1v) is 7.05. The summed E-state index contributed by atoms with van der Waals surface area (Å²) in [5, 5.41) is 0. The van der Waals surface area contributed by atoms with Crippen molar-refractivity contribution in [2.75, 3.05) is 18.9 Å². The zero-order valence-electron chi connectivity index (χ0n) is 11.5. The summed E-state index contributed by atoms with van der Waals surface area (Å²) in [5.74, 6) is 2.10. The molecule has 4 rings (SSSR count). The number of nitrogen functional groups attached to an aromatic ring is 1. The Morgan fingerprint density at radius 1 is 1.00 bits per heavy atom. The molecule has 2 N–H and O–H groups in total. The van der Waals surface area contributed by atoms with Gasteiger partial charge >= 0.3 is 0 Å². The maximum atomic E-state index is 5.94. The van der Waals surface area contributed by atoms with Gasteiger partial charge in [0, 0.05) is 35.2 Å². The number of nitrogens with two attached hydrogens (primary N) is 1. The molecule has 3 heteroatoms. The Balaban J connectivity index is 2.05. The van der Waals surface area contributed by atoms with Crippen LogP contribution in [0.3, 0.4) is 0 Å². The molecule has 0 atom stereocenters. The van der Waals surface area contributed by atoms with Crippen LogP contribution in [0.5, 0.6) is 11.5 Å². The van der Waals surface area contributed by atoms with Gasteiger partial charge in [0.05, 0.1) is 13.2 Å². The summed E-state index contributed by atoms with van der Waals surface area (Å²) < 4.78 is 11.8. The van der Waals surface area contributed by atoms with Crippen molar-refractivity contribution >= 4 is 5.69 Å². The van der Waals surface area contributed by atoms with E-state index in [-0.39, 0.29) is 0 Å². The fourth-order valence-electron chi connectivity index (χ4n) is 3.34. The van der Waals surface area contributed by atoms with E-state index in [9.17, 15) is 0 Å². The third-order valence-corrected chi connectivity index (χ3v) is 4.24. The smallest absolute Gasteiger partial charge is 0.131 e. The second-order valence-corrected chi connectivity index (χ2v) is 5.44. The Hall–Kier alpha value is -2.16. The lowest BCUT2D eigenvalue weighted by Crippen LogP contribution is -1.95. The summed E-state index contributed by atoms with van der Waals surface area (Å²) in [5.41, 5.74) is 12.9. The quantitative estimate of drug-likeness (QED) is 0.807. The van der Waals surface area contributed by atoms with E-state index in [2.05, 4.69) is 13.0 Å². The molecule has 2 aromatic rings. The van der Waals surface area contributed by atoms with Crippen molar-refractivity contribution in [2.24, 2.45) is 0 Å². The van der Waals surface area contributed by atoms with Gasteiger partial charge in [0.2, 0.25) is 0 Å². The molecule has 0 saturated carbocycles. The van der Waals surface area contributed by atoms with Gasteiger partial charge in [0.15, 0.2) is 0 Å². The molecule has 0 saturated heterocycles. The van der Waals surface area contributed by atoms with E-state index in [1.165, 1.54) is 22.3 Å². The lowest BCUT2D eigenvalue weighted by atomic mass is 9.91. The van der Waals surface area contributed by atoms with Crippen LogP contribution in [0.2, 0.25) is 0 Å². The molecule has 2 heterocycles. The van der Waals surface area contributed by atoms with Crippen LogP contribution in [0.1, 0.15) is 16.7 Å². The van der Waals surface area contributed by atoms with E-state index in [1.54, 1.807) is 0 Å². The molecule has 0 amide bonds. The Bertz CT molecular complexity index is 671. The van der Waals surface area contributed by atoms with Gasteiger partial charge in [-0.25, -0.2) is 0 Å². The first kappa shape index (κ1) is 11.6. The summed E-state index contributed by atoms with van der Waals surface area (Å²) >= 11 is 0. The van der Waals surface area contributed by atoms with Crippen LogP contribution in [0.4, 0.5) is 5.69 Å². The highest BCUT2D eigenvalue weighted by atomic mass is 16.5. The topological polar surface area (TPSA) is 44.5 Å². The van der Waals surface area contributed by atoms with Crippen molar-refractivity contribution < 1.29 is 9.47 Å². The normalized spacial score (nSPS) is 15.4. The van der Waals surface area contributed by atoms with Gasteiger partial charge < -0.3 is 15.2 Å². The van der Waals surface area contributed by atoms with Gasteiger partial charge in [-0.2, -0.15) is 0 Å². The summed E-state index contributed by atoms with van der Waals surface area (Å²) in [6.45, 7) is 3.66. The predicted octanol–water partition coefficient (Wildman–Crippen LogP) is 3.11. The van der Waals surface area contributed by atoms with Crippen molar-refractivity contribution in [2.45, 2.75) is 19.8 Å². The molecule has 102 valence electrons. The SMILES string of the molecule is Cc1c2c(c(-c3cccc(N)c3)c3c1OCC3)OCC2. The van der Waals surface area contributed by atoms with Crippen molar-refractivity contribution in [3.63, 3.8) is 0 Å². The molecule has 0 aromatic heterocycles. The van der Waals surface area contributed by atoms with Crippen LogP contribution in [-0.2, 0) is 12.8 Å². The van der Waals surface area contributed by atoms with Gasteiger partial charge in [-0.3, -0.25) is 0 Å². The fourth-order valence-corrected chi connectivity index (χ4v) is 3.34. The Morgan fingerprint density at radius 3 is 2.55 bits per heavy atom. The molecule has 2 aliphatic rings. The standard InChI is InChI=1S/C17H17NO2/c1-10-13-5-7-20-17(13)15(14-6-8-19-16(10)14)11-3-2-4-12(18)9-11/h2-4,9H,5-8,18H2,1H3. The molecule has 3 nitrogen and oxygen atoms in total. The van der Waals surface area contributed by atoms with E-state index in [1.807, 2.05) is 18.2 Å². The average molecular weight is 267 g/mol. The maximum absolute atomic E-state index is 5.94. The minimum absolute atomic E-state index is 0.758. The second-order valence-electron chi connectivity index (χ2n) is 5.44. The van der Waals surface area contributed by atoms with E-state index >= 15 is 0 Å². The molecule has 2 aliphatic heterocycles. The predicted molar refractivity (Wildman–Crippen MR) is 79.4 cm³/mol. The van der Waals surface area contributed by atoms with Gasteiger partial charge in [-0.1, -0.05) is 12.1 Å². The minimum Gasteiger partial charge on any atom is -0.493 e. The molecule has 0 spiro atoms. The lowest BCUT2D eigenvalue weighted by Gasteiger charge is -2.16. The molecule has 0 bridgehead atoms. The first-order chi connectivity index (χ1) is 9.75. The zero-order valence-corrected chi connectivity index (χ0v) is 11.5. The summed E-state index contributed by atoms with van der Waals surface area (Å²) in [4.78, 5) is 0. The highest BCUT2D eigenvalue weighted by Crippen LogP contribution is 2.48. The van der Waals surface area contributed by atoms with Crippen molar-refractivity contribution in [1.29, 1.82) is 0 Å². The van der Waals surface area contributed by atoms with Crippen molar-refractivity contribution in [3.8, 4) is 22.6 Å². The third kappa shape index (κ3) is 1.52. The molecule has 0 fully saturated rings. The number of benzene rings is 2. The highest BCUT2D eigenvalue weighted by Gasteiger charge is 2.30. The molecule has 0 aliphatic carbocycles. The first-order valence-electron chi connectivity index (χ1n) is 7.05. The van der Waals surface area contributed by atoms with Gasteiger partial charge in [-0.05, 0) is 30.2 Å². The summed E-state index contributed by atoms with van der Waals surface area (Å²) in [6, 6.07) is 8.02. The Labute approximate surface area is 118 Å². The van der Waals surface area contributed by atoms with E-state index in [0.717, 1.165) is 48.8 Å².